The molecule has 10 heteroatoms. The third-order valence-electron chi connectivity index (χ3n) is 5.06. The Hall–Kier alpha value is -3.30. The number of benzene rings is 1. The van der Waals surface area contributed by atoms with Crippen molar-refractivity contribution in [2.45, 2.75) is 31.4 Å². The van der Waals surface area contributed by atoms with Gasteiger partial charge in [-0.25, -0.2) is 0 Å². The molecule has 1 heterocycles. The number of pyridine rings is 1. The van der Waals surface area contributed by atoms with Crippen LogP contribution in [-0.4, -0.2) is 37.1 Å². The minimum atomic E-state index is -4.49. The summed E-state index contributed by atoms with van der Waals surface area (Å²) in [5, 5.41) is 2.67. The molecule has 3 rings (SSSR count). The first-order valence-corrected chi connectivity index (χ1v) is 9.52. The number of ether oxygens (including phenoxy) is 2. The Morgan fingerprint density at radius 2 is 1.90 bits per heavy atom. The molecule has 1 saturated carbocycles. The van der Waals surface area contributed by atoms with Crippen LogP contribution in [0, 0.1) is 6.92 Å². The highest BCUT2D eigenvalue weighted by Gasteiger charge is 2.51. The van der Waals surface area contributed by atoms with E-state index in [2.05, 4.69) is 10.3 Å². The minimum Gasteiger partial charge on any atom is -0.493 e. The van der Waals surface area contributed by atoms with Gasteiger partial charge in [-0.15, -0.1) is 0 Å². The summed E-state index contributed by atoms with van der Waals surface area (Å²) in [4.78, 5) is 28.6. The fourth-order valence-corrected chi connectivity index (χ4v) is 3.19. The van der Waals surface area contributed by atoms with E-state index in [0.29, 0.717) is 29.8 Å². The quantitative estimate of drug-likeness (QED) is 0.618. The van der Waals surface area contributed by atoms with Crippen molar-refractivity contribution in [3.8, 4) is 11.5 Å². The molecule has 1 aliphatic rings. The topological polar surface area (TPSA) is 104 Å². The zero-order valence-corrected chi connectivity index (χ0v) is 17.0. The number of amides is 2. The summed E-state index contributed by atoms with van der Waals surface area (Å²) >= 11 is 0. The van der Waals surface area contributed by atoms with Crippen molar-refractivity contribution in [3.63, 3.8) is 0 Å². The van der Waals surface area contributed by atoms with Gasteiger partial charge in [0.05, 0.1) is 30.3 Å². The number of nitrogens with zero attached hydrogens (tertiary/aromatic N) is 1. The maximum atomic E-state index is 12.8. The van der Waals surface area contributed by atoms with E-state index in [1.54, 1.807) is 19.1 Å². The Morgan fingerprint density at radius 1 is 1.19 bits per heavy atom. The van der Waals surface area contributed by atoms with Gasteiger partial charge in [0.25, 0.3) is 5.91 Å². The normalized spacial score (nSPS) is 14.6. The molecule has 1 aromatic heterocycles. The van der Waals surface area contributed by atoms with Gasteiger partial charge in [-0.1, -0.05) is 0 Å². The number of nitrogens with two attached hydrogens (primary N) is 1. The van der Waals surface area contributed by atoms with Crippen LogP contribution in [0.15, 0.2) is 30.3 Å². The summed E-state index contributed by atoms with van der Waals surface area (Å²) in [6.07, 6.45) is -3.29. The zero-order valence-electron chi connectivity index (χ0n) is 17.0. The molecular weight excluding hydrogens is 415 g/mol. The fourth-order valence-electron chi connectivity index (χ4n) is 3.19. The van der Waals surface area contributed by atoms with Crippen molar-refractivity contribution >= 4 is 11.8 Å². The summed E-state index contributed by atoms with van der Waals surface area (Å²) in [5.74, 6) is -0.786. The SMILES string of the molecule is COc1cc(C(F)(F)F)ccc1OCCNC(=O)c1cc(C)nc(C2(C(N)=O)CC2)c1. The second-order valence-electron chi connectivity index (χ2n) is 7.30. The predicted molar refractivity (Wildman–Crippen MR) is 105 cm³/mol. The maximum absolute atomic E-state index is 12.8. The first-order valence-electron chi connectivity index (χ1n) is 9.52. The van der Waals surface area contributed by atoms with Crippen molar-refractivity contribution in [3.05, 3.63) is 52.8 Å². The number of primary amides is 1. The average Bonchev–Trinajstić information content (AvgIpc) is 3.52. The summed E-state index contributed by atoms with van der Waals surface area (Å²) in [6.45, 7) is 1.83. The number of halogens is 3. The second kappa shape index (κ2) is 8.44. The fraction of sp³-hybridized carbons (Fsp3) is 0.381. The first kappa shape index (κ1) is 22.4. The number of alkyl halides is 3. The van der Waals surface area contributed by atoms with E-state index < -0.39 is 29.0 Å². The van der Waals surface area contributed by atoms with Gasteiger partial charge in [0, 0.05) is 11.3 Å². The molecule has 0 bridgehead atoms. The molecule has 2 aromatic rings. The lowest BCUT2D eigenvalue weighted by atomic mass is 9.98. The molecule has 0 spiro atoms. The molecule has 0 unspecified atom stereocenters. The highest BCUT2D eigenvalue weighted by Crippen LogP contribution is 2.47. The van der Waals surface area contributed by atoms with Crippen molar-refractivity contribution in [2.24, 2.45) is 5.73 Å². The maximum Gasteiger partial charge on any atom is 0.416 e. The Balaban J connectivity index is 1.60. The Morgan fingerprint density at radius 3 is 2.48 bits per heavy atom. The largest absolute Gasteiger partial charge is 0.493 e. The van der Waals surface area contributed by atoms with Crippen LogP contribution in [0.1, 0.15) is 40.2 Å². The van der Waals surface area contributed by atoms with Crippen LogP contribution in [0.3, 0.4) is 0 Å². The molecule has 2 amide bonds. The lowest BCUT2D eigenvalue weighted by Gasteiger charge is -2.15. The molecule has 1 fully saturated rings. The van der Waals surface area contributed by atoms with E-state index in [1.165, 1.54) is 13.2 Å². The van der Waals surface area contributed by atoms with Gasteiger partial charge in [-0.3, -0.25) is 14.6 Å². The predicted octanol–water partition coefficient (Wildman–Crippen LogP) is 2.74. The molecule has 166 valence electrons. The van der Waals surface area contributed by atoms with Gasteiger partial charge < -0.3 is 20.5 Å². The highest BCUT2D eigenvalue weighted by atomic mass is 19.4. The van der Waals surface area contributed by atoms with Crippen LogP contribution in [0.25, 0.3) is 0 Å². The lowest BCUT2D eigenvalue weighted by molar-refractivity contribution is -0.137. The average molecular weight is 437 g/mol. The molecule has 0 aliphatic heterocycles. The van der Waals surface area contributed by atoms with Gasteiger partial charge >= 0.3 is 6.18 Å². The minimum absolute atomic E-state index is 0.00953. The van der Waals surface area contributed by atoms with Crippen LogP contribution < -0.4 is 20.5 Å². The van der Waals surface area contributed by atoms with E-state index in [0.717, 1.165) is 12.1 Å². The number of carbonyl (C=O) groups is 2. The second-order valence-corrected chi connectivity index (χ2v) is 7.30. The molecule has 1 aliphatic carbocycles. The number of hydrogen-bond donors (Lipinski definition) is 2. The first-order chi connectivity index (χ1) is 14.6. The number of aromatic nitrogens is 1. The van der Waals surface area contributed by atoms with Crippen LogP contribution in [-0.2, 0) is 16.4 Å². The molecule has 3 N–H and O–H groups in total. The molecule has 7 nitrogen and oxygen atoms in total. The molecule has 31 heavy (non-hydrogen) atoms. The summed E-state index contributed by atoms with van der Waals surface area (Å²) in [5.41, 5.74) is 5.23. The molecular formula is C21H22F3N3O4. The van der Waals surface area contributed by atoms with Gasteiger partial charge in [0.1, 0.15) is 6.61 Å². The highest BCUT2D eigenvalue weighted by molar-refractivity contribution is 5.95. The third-order valence-corrected chi connectivity index (χ3v) is 5.06. The molecule has 1 aromatic carbocycles. The number of hydrogen-bond acceptors (Lipinski definition) is 5. The Bertz CT molecular complexity index is 1000. The molecule has 0 saturated heterocycles. The van der Waals surface area contributed by atoms with Gasteiger partial charge in [0.2, 0.25) is 5.91 Å². The summed E-state index contributed by atoms with van der Waals surface area (Å²) in [6, 6.07) is 6.06. The van der Waals surface area contributed by atoms with E-state index in [-0.39, 0.29) is 24.7 Å². The van der Waals surface area contributed by atoms with E-state index in [1.807, 2.05) is 0 Å². The van der Waals surface area contributed by atoms with Gasteiger partial charge in [-0.05, 0) is 50.1 Å². The molecule has 0 radical (unpaired) electrons. The van der Waals surface area contributed by atoms with Crippen LogP contribution in [0.4, 0.5) is 13.2 Å². The third kappa shape index (κ3) is 4.89. The van der Waals surface area contributed by atoms with Gasteiger partial charge in [-0.2, -0.15) is 13.2 Å². The number of aryl methyl sites for hydroxylation is 1. The van der Waals surface area contributed by atoms with E-state index in [4.69, 9.17) is 15.2 Å². The number of nitrogens with one attached hydrogen (secondary N) is 1. The molecule has 0 atom stereocenters. The number of carbonyl (C=O) groups excluding carboxylic acids is 2. The summed E-state index contributed by atoms with van der Waals surface area (Å²) < 4.78 is 48.8. The van der Waals surface area contributed by atoms with Crippen LogP contribution in [0.5, 0.6) is 11.5 Å². The Kier molecular flexibility index (Phi) is 6.10. The van der Waals surface area contributed by atoms with Crippen molar-refractivity contribution in [1.82, 2.24) is 10.3 Å². The lowest BCUT2D eigenvalue weighted by Crippen LogP contribution is -2.31. The van der Waals surface area contributed by atoms with Crippen LogP contribution >= 0.6 is 0 Å². The zero-order chi connectivity index (χ0) is 22.8. The van der Waals surface area contributed by atoms with E-state index >= 15 is 0 Å². The van der Waals surface area contributed by atoms with Gasteiger partial charge in [0.15, 0.2) is 11.5 Å². The number of rotatable bonds is 8. The number of methoxy groups -OCH3 is 1. The smallest absolute Gasteiger partial charge is 0.416 e. The monoisotopic (exact) mass is 437 g/mol. The van der Waals surface area contributed by atoms with E-state index in [9.17, 15) is 22.8 Å². The van der Waals surface area contributed by atoms with Crippen LogP contribution in [0.2, 0.25) is 0 Å². The Labute approximate surface area is 176 Å². The standard InChI is InChI=1S/C21H22F3N3O4/c1-12-9-13(10-17(27-12)20(5-6-20)19(25)29)18(28)26-7-8-31-15-4-3-14(21(22,23)24)11-16(15)30-2/h3-4,9-11H,5-8H2,1-2H3,(H2,25,29)(H,26,28). The van der Waals surface area contributed by atoms with Crippen molar-refractivity contribution in [2.75, 3.05) is 20.3 Å². The van der Waals surface area contributed by atoms with Crippen molar-refractivity contribution < 1.29 is 32.2 Å². The summed E-state index contributed by atoms with van der Waals surface area (Å²) in [7, 11) is 1.24. The van der Waals surface area contributed by atoms with Crippen molar-refractivity contribution in [1.29, 1.82) is 0 Å².